The Kier molecular flexibility index (Phi) is 3.03. The van der Waals surface area contributed by atoms with Gasteiger partial charge in [-0.15, -0.1) is 0 Å². The molecule has 3 N–H and O–H groups in total. The van der Waals surface area contributed by atoms with E-state index in [4.69, 9.17) is 11.6 Å². The number of anilines is 1. The van der Waals surface area contributed by atoms with E-state index in [0.29, 0.717) is 11.2 Å². The number of hydrogen-bond donors (Lipinski definition) is 3. The number of fused-ring (bicyclic) bond motifs is 1. The molecule has 0 atom stereocenters. The zero-order valence-electron chi connectivity index (χ0n) is 9.97. The zero-order valence-corrected chi connectivity index (χ0v) is 10.7. The van der Waals surface area contributed by atoms with Gasteiger partial charge in [0.15, 0.2) is 10.8 Å². The first-order valence-electron chi connectivity index (χ1n) is 5.67. The number of halogens is 1. The van der Waals surface area contributed by atoms with Crippen molar-refractivity contribution in [2.24, 2.45) is 5.10 Å². The van der Waals surface area contributed by atoms with Gasteiger partial charge in [-0.3, -0.25) is 14.9 Å². The van der Waals surface area contributed by atoms with E-state index in [1.165, 1.54) is 6.33 Å². The topological polar surface area (TPSA) is 125 Å². The maximum atomic E-state index is 11.9. The zero-order chi connectivity index (χ0) is 14.1. The summed E-state index contributed by atoms with van der Waals surface area (Å²) in [6.45, 7) is 0. The number of H-pyrrole nitrogens is 1. The van der Waals surface area contributed by atoms with Crippen LogP contribution in [0.25, 0.3) is 11.2 Å². The molecule has 3 heterocycles. The van der Waals surface area contributed by atoms with Crippen LogP contribution in [0.5, 0.6) is 0 Å². The Morgan fingerprint density at radius 1 is 1.35 bits per heavy atom. The number of aromatic amines is 1. The van der Waals surface area contributed by atoms with Crippen LogP contribution in [0.4, 0.5) is 5.95 Å². The van der Waals surface area contributed by atoms with E-state index in [1.54, 1.807) is 0 Å². The van der Waals surface area contributed by atoms with E-state index in [-0.39, 0.29) is 35.6 Å². The van der Waals surface area contributed by atoms with Crippen molar-refractivity contribution in [3.8, 4) is 0 Å². The second kappa shape index (κ2) is 4.85. The monoisotopic (exact) mass is 293 g/mol. The first-order valence-corrected chi connectivity index (χ1v) is 6.04. The Hall–Kier alpha value is -2.55. The van der Waals surface area contributed by atoms with Gasteiger partial charge in [-0.25, -0.2) is 10.4 Å². The van der Waals surface area contributed by atoms with Crippen LogP contribution in [0.2, 0.25) is 5.15 Å². The first kappa shape index (κ1) is 12.5. The Morgan fingerprint density at radius 3 is 2.95 bits per heavy atom. The number of nitrogens with one attached hydrogen (secondary N) is 3. The molecular weight excluding hydrogens is 286 g/mol. The number of carbonyl (C=O) groups is 2. The Bertz CT molecular complexity index is 738. The van der Waals surface area contributed by atoms with Crippen molar-refractivity contribution < 1.29 is 9.59 Å². The van der Waals surface area contributed by atoms with Gasteiger partial charge in [-0.2, -0.15) is 15.1 Å². The molecule has 3 rings (SSSR count). The second-order valence-corrected chi connectivity index (χ2v) is 4.34. The third-order valence-electron chi connectivity index (χ3n) is 2.63. The SMILES string of the molecule is O=C1CCC(C(=O)Nc2nc(Cl)c3[nH]cnc3n2)=NN1. The highest BCUT2D eigenvalue weighted by Gasteiger charge is 2.19. The molecule has 0 unspecified atom stereocenters. The normalized spacial score (nSPS) is 14.8. The predicted octanol–water partition coefficient (Wildman–Crippen LogP) is 0.211. The lowest BCUT2D eigenvalue weighted by molar-refractivity contribution is -0.121. The van der Waals surface area contributed by atoms with Crippen LogP contribution in [0.3, 0.4) is 0 Å². The Morgan fingerprint density at radius 2 is 2.20 bits per heavy atom. The van der Waals surface area contributed by atoms with E-state index in [1.807, 2.05) is 0 Å². The number of carbonyl (C=O) groups excluding carboxylic acids is 2. The molecule has 0 saturated carbocycles. The summed E-state index contributed by atoms with van der Waals surface area (Å²) < 4.78 is 0. The van der Waals surface area contributed by atoms with Gasteiger partial charge in [0.1, 0.15) is 11.2 Å². The largest absolute Gasteiger partial charge is 0.341 e. The summed E-state index contributed by atoms with van der Waals surface area (Å²) in [6, 6.07) is 0. The molecule has 2 aromatic heterocycles. The van der Waals surface area contributed by atoms with Gasteiger partial charge < -0.3 is 4.98 Å². The summed E-state index contributed by atoms with van der Waals surface area (Å²) in [6.07, 6.45) is 1.90. The number of rotatable bonds is 2. The lowest BCUT2D eigenvalue weighted by Gasteiger charge is -2.11. The maximum absolute atomic E-state index is 11.9. The number of nitrogens with zero attached hydrogens (tertiary/aromatic N) is 4. The quantitative estimate of drug-likeness (QED) is 0.683. The highest BCUT2D eigenvalue weighted by Crippen LogP contribution is 2.18. The van der Waals surface area contributed by atoms with E-state index >= 15 is 0 Å². The first-order chi connectivity index (χ1) is 9.63. The molecule has 1 aliphatic heterocycles. The standard InChI is InChI=1S/C10H8ClN7O2/c11-7-6-8(13-3-12-6)15-10(14-7)16-9(20)4-1-2-5(19)18-17-4/h3H,1-2H2,(H,18,19)(H2,12,13,14,15,16,20). The summed E-state index contributed by atoms with van der Waals surface area (Å²) >= 11 is 5.93. The summed E-state index contributed by atoms with van der Waals surface area (Å²) in [5.74, 6) is -0.686. The van der Waals surface area contributed by atoms with Crippen LogP contribution in [-0.2, 0) is 9.59 Å². The highest BCUT2D eigenvalue weighted by atomic mass is 35.5. The van der Waals surface area contributed by atoms with Gasteiger partial charge in [-0.05, 0) is 0 Å². The van der Waals surface area contributed by atoms with Crippen LogP contribution in [-0.4, -0.2) is 37.5 Å². The molecule has 20 heavy (non-hydrogen) atoms. The lowest BCUT2D eigenvalue weighted by Crippen LogP contribution is -2.33. The van der Waals surface area contributed by atoms with E-state index < -0.39 is 5.91 Å². The average molecular weight is 294 g/mol. The van der Waals surface area contributed by atoms with E-state index in [0.717, 1.165) is 0 Å². The molecule has 0 aromatic carbocycles. The number of hydrogen-bond acceptors (Lipinski definition) is 6. The molecule has 0 fully saturated rings. The summed E-state index contributed by atoms with van der Waals surface area (Å²) in [7, 11) is 0. The van der Waals surface area contributed by atoms with Gasteiger partial charge in [0, 0.05) is 12.8 Å². The number of aromatic nitrogens is 4. The molecule has 0 aliphatic carbocycles. The molecule has 0 spiro atoms. The van der Waals surface area contributed by atoms with Crippen LogP contribution in [0.1, 0.15) is 12.8 Å². The molecule has 0 saturated heterocycles. The molecule has 0 radical (unpaired) electrons. The lowest BCUT2D eigenvalue weighted by atomic mass is 10.2. The van der Waals surface area contributed by atoms with Gasteiger partial charge in [0.2, 0.25) is 11.9 Å². The fraction of sp³-hybridized carbons (Fsp3) is 0.200. The van der Waals surface area contributed by atoms with Crippen molar-refractivity contribution >= 4 is 46.2 Å². The minimum absolute atomic E-state index is 0.0270. The number of amides is 2. The fourth-order valence-corrected chi connectivity index (χ4v) is 1.88. The molecule has 1 aliphatic rings. The minimum Gasteiger partial charge on any atom is -0.341 e. The minimum atomic E-state index is -0.490. The fourth-order valence-electron chi connectivity index (χ4n) is 1.67. The molecule has 102 valence electrons. The van der Waals surface area contributed by atoms with Gasteiger partial charge in [0.25, 0.3) is 5.91 Å². The van der Waals surface area contributed by atoms with E-state index in [9.17, 15) is 9.59 Å². The van der Waals surface area contributed by atoms with Gasteiger partial charge >= 0.3 is 0 Å². The Labute approximate surface area is 116 Å². The summed E-state index contributed by atoms with van der Waals surface area (Å²) in [5.41, 5.74) is 3.28. The summed E-state index contributed by atoms with van der Waals surface area (Å²) in [5, 5.41) is 6.30. The van der Waals surface area contributed by atoms with Crippen molar-refractivity contribution in [1.29, 1.82) is 0 Å². The molecular formula is C10H8ClN7O2. The smallest absolute Gasteiger partial charge is 0.274 e. The molecule has 9 nitrogen and oxygen atoms in total. The predicted molar refractivity (Wildman–Crippen MR) is 70.1 cm³/mol. The molecule has 0 bridgehead atoms. The average Bonchev–Trinajstić information content (AvgIpc) is 2.88. The third kappa shape index (κ3) is 2.30. The van der Waals surface area contributed by atoms with Crippen molar-refractivity contribution in [3.63, 3.8) is 0 Å². The third-order valence-corrected chi connectivity index (χ3v) is 2.91. The van der Waals surface area contributed by atoms with Gasteiger partial charge in [0.05, 0.1) is 6.33 Å². The van der Waals surface area contributed by atoms with Gasteiger partial charge in [-0.1, -0.05) is 11.6 Å². The van der Waals surface area contributed by atoms with Crippen LogP contribution in [0.15, 0.2) is 11.4 Å². The van der Waals surface area contributed by atoms with Crippen molar-refractivity contribution in [2.75, 3.05) is 5.32 Å². The molecule has 2 amide bonds. The maximum Gasteiger partial charge on any atom is 0.274 e. The molecule has 10 heteroatoms. The van der Waals surface area contributed by atoms with Crippen molar-refractivity contribution in [1.82, 2.24) is 25.4 Å². The number of hydrazone groups is 1. The van der Waals surface area contributed by atoms with Crippen molar-refractivity contribution in [3.05, 3.63) is 11.5 Å². The highest BCUT2D eigenvalue weighted by molar-refractivity contribution is 6.43. The van der Waals surface area contributed by atoms with E-state index in [2.05, 4.69) is 35.8 Å². The second-order valence-electron chi connectivity index (χ2n) is 3.99. The van der Waals surface area contributed by atoms with Crippen LogP contribution in [0, 0.1) is 0 Å². The van der Waals surface area contributed by atoms with Crippen LogP contribution < -0.4 is 10.7 Å². The summed E-state index contributed by atoms with van der Waals surface area (Å²) in [4.78, 5) is 37.6. The number of imidazole rings is 1. The van der Waals surface area contributed by atoms with Crippen LogP contribution >= 0.6 is 11.6 Å². The van der Waals surface area contributed by atoms with Crippen molar-refractivity contribution in [2.45, 2.75) is 12.8 Å². The Balaban J connectivity index is 1.82. The molecule has 2 aromatic rings.